The molecule has 0 aromatic heterocycles. The summed E-state index contributed by atoms with van der Waals surface area (Å²) in [6.45, 7) is 7.41. The minimum absolute atomic E-state index is 0.0949. The highest BCUT2D eigenvalue weighted by Crippen LogP contribution is 2.35. The maximum absolute atomic E-state index is 9.65. The third kappa shape index (κ3) is 3.14. The molecule has 1 aliphatic rings. The van der Waals surface area contributed by atoms with Gasteiger partial charge in [-0.25, -0.2) is 4.85 Å². The SMILES string of the molecule is [C-]#[N+]C1=C(C#N)/C(=C\c2cc(Cl)c(O)c(Cl)c2)N=C1c1ccccc1. The molecule has 0 saturated carbocycles. The van der Waals surface area contributed by atoms with Crippen LogP contribution in [0.4, 0.5) is 0 Å². The van der Waals surface area contributed by atoms with Crippen molar-refractivity contribution in [2.45, 2.75) is 0 Å². The number of benzene rings is 2. The average Bonchev–Trinajstić information content (AvgIpc) is 2.97. The summed E-state index contributed by atoms with van der Waals surface area (Å²) in [4.78, 5) is 7.94. The van der Waals surface area contributed by atoms with Crippen molar-refractivity contribution in [3.05, 3.63) is 92.0 Å². The van der Waals surface area contributed by atoms with Gasteiger partial charge in [0.25, 0.3) is 0 Å². The summed E-state index contributed by atoms with van der Waals surface area (Å²) in [6, 6.07) is 14.3. The van der Waals surface area contributed by atoms with Gasteiger partial charge in [-0.1, -0.05) is 53.5 Å². The Morgan fingerprint density at radius 3 is 2.36 bits per heavy atom. The molecule has 0 bridgehead atoms. The van der Waals surface area contributed by atoms with Crippen LogP contribution in [-0.2, 0) is 0 Å². The first-order chi connectivity index (χ1) is 12.0. The van der Waals surface area contributed by atoms with Crippen LogP contribution in [0.25, 0.3) is 10.9 Å². The van der Waals surface area contributed by atoms with E-state index in [1.165, 1.54) is 12.1 Å². The lowest BCUT2D eigenvalue weighted by Gasteiger charge is -2.03. The van der Waals surface area contributed by atoms with Gasteiger partial charge < -0.3 is 5.11 Å². The molecule has 1 heterocycles. The molecule has 3 rings (SSSR count). The molecule has 0 unspecified atom stereocenters. The molecule has 120 valence electrons. The molecule has 2 aromatic rings. The number of hydrogen-bond donors (Lipinski definition) is 1. The fourth-order valence-electron chi connectivity index (χ4n) is 2.42. The first-order valence-electron chi connectivity index (χ1n) is 7.11. The Morgan fingerprint density at radius 1 is 1.16 bits per heavy atom. The van der Waals surface area contributed by atoms with Crippen LogP contribution < -0.4 is 0 Å². The van der Waals surface area contributed by atoms with Gasteiger partial charge in [0.05, 0.1) is 39.7 Å². The number of halogens is 2. The van der Waals surface area contributed by atoms with Gasteiger partial charge in [0, 0.05) is 0 Å². The number of rotatable bonds is 2. The first-order valence-corrected chi connectivity index (χ1v) is 7.87. The zero-order valence-corrected chi connectivity index (χ0v) is 14.2. The average molecular weight is 366 g/mol. The lowest BCUT2D eigenvalue weighted by molar-refractivity contribution is 0.476. The summed E-state index contributed by atoms with van der Waals surface area (Å²) in [5, 5.41) is 19.3. The van der Waals surface area contributed by atoms with Crippen LogP contribution in [0.5, 0.6) is 5.75 Å². The van der Waals surface area contributed by atoms with Crippen molar-refractivity contribution in [2.24, 2.45) is 4.99 Å². The summed E-state index contributed by atoms with van der Waals surface area (Å²) < 4.78 is 0. The minimum Gasteiger partial charge on any atom is -0.505 e. The highest BCUT2D eigenvalue weighted by molar-refractivity contribution is 6.37. The number of nitrogens with zero attached hydrogens (tertiary/aromatic N) is 3. The third-order valence-corrected chi connectivity index (χ3v) is 4.14. The second kappa shape index (κ2) is 6.83. The lowest BCUT2D eigenvalue weighted by atomic mass is 10.1. The van der Waals surface area contributed by atoms with Crippen LogP contribution in [0.3, 0.4) is 0 Å². The molecule has 0 saturated heterocycles. The van der Waals surface area contributed by atoms with Gasteiger partial charge in [-0.05, 0) is 29.3 Å². The number of allylic oxidation sites excluding steroid dienone is 2. The fourth-order valence-corrected chi connectivity index (χ4v) is 2.92. The van der Waals surface area contributed by atoms with Crippen molar-refractivity contribution in [1.29, 1.82) is 5.26 Å². The largest absolute Gasteiger partial charge is 0.505 e. The van der Waals surface area contributed by atoms with Crippen LogP contribution in [0.15, 0.2) is 64.4 Å². The standard InChI is InChI=1S/C19H9Cl2N3O/c1-23-18-13(10-22)16(24-17(18)12-5-3-2-4-6-12)9-11-7-14(20)19(25)15(21)8-11/h2-9,25H/b16-9+. The summed E-state index contributed by atoms with van der Waals surface area (Å²) in [6.07, 6.45) is 1.61. The molecule has 0 aliphatic carbocycles. The zero-order valence-electron chi connectivity index (χ0n) is 12.7. The molecule has 0 amide bonds. The number of hydrogen-bond acceptors (Lipinski definition) is 3. The van der Waals surface area contributed by atoms with Crippen molar-refractivity contribution in [3.8, 4) is 11.8 Å². The topological polar surface area (TPSA) is 60.7 Å². The van der Waals surface area contributed by atoms with Crippen molar-refractivity contribution in [3.63, 3.8) is 0 Å². The number of phenols is 1. The molecule has 1 aliphatic heterocycles. The zero-order chi connectivity index (χ0) is 18.0. The Hall–Kier alpha value is -3.05. The molecule has 25 heavy (non-hydrogen) atoms. The van der Waals surface area contributed by atoms with E-state index in [-0.39, 0.29) is 27.1 Å². The van der Waals surface area contributed by atoms with Crippen LogP contribution >= 0.6 is 23.2 Å². The molecule has 4 nitrogen and oxygen atoms in total. The van der Waals surface area contributed by atoms with E-state index in [4.69, 9.17) is 29.8 Å². The Balaban J connectivity index is 2.17. The van der Waals surface area contributed by atoms with Crippen molar-refractivity contribution in [1.82, 2.24) is 0 Å². The maximum Gasteiger partial charge on any atom is 0.232 e. The summed E-state index contributed by atoms with van der Waals surface area (Å²) in [5.74, 6) is -0.205. The quantitative estimate of drug-likeness (QED) is 0.739. The van der Waals surface area contributed by atoms with Crippen LogP contribution in [0, 0.1) is 17.9 Å². The highest BCUT2D eigenvalue weighted by atomic mass is 35.5. The van der Waals surface area contributed by atoms with Gasteiger partial charge in [0.1, 0.15) is 0 Å². The van der Waals surface area contributed by atoms with E-state index in [2.05, 4.69) is 9.84 Å². The molecular formula is C19H9Cl2N3O. The van der Waals surface area contributed by atoms with Crippen molar-refractivity contribution >= 4 is 35.0 Å². The first kappa shape index (κ1) is 16.8. The molecule has 0 atom stereocenters. The smallest absolute Gasteiger partial charge is 0.232 e. The monoisotopic (exact) mass is 365 g/mol. The molecule has 6 heteroatoms. The predicted molar refractivity (Wildman–Crippen MR) is 98.3 cm³/mol. The third-order valence-electron chi connectivity index (χ3n) is 3.56. The second-order valence-corrected chi connectivity index (χ2v) is 5.95. The molecule has 1 N–H and O–H groups in total. The fraction of sp³-hybridized carbons (Fsp3) is 0. The maximum atomic E-state index is 9.65. The summed E-state index contributed by atoms with van der Waals surface area (Å²) in [7, 11) is 0. The van der Waals surface area contributed by atoms with Crippen molar-refractivity contribution < 1.29 is 5.11 Å². The molecule has 0 radical (unpaired) electrons. The Labute approximate surface area is 154 Å². The van der Waals surface area contributed by atoms with E-state index in [1.54, 1.807) is 6.08 Å². The van der Waals surface area contributed by atoms with Gasteiger partial charge in [0.15, 0.2) is 5.75 Å². The minimum atomic E-state index is -0.205. The molecule has 2 aromatic carbocycles. The highest BCUT2D eigenvalue weighted by Gasteiger charge is 2.25. The second-order valence-electron chi connectivity index (χ2n) is 5.14. The van der Waals surface area contributed by atoms with E-state index < -0.39 is 0 Å². The summed E-state index contributed by atoms with van der Waals surface area (Å²) >= 11 is 11.9. The Kier molecular flexibility index (Phi) is 4.59. The predicted octanol–water partition coefficient (Wildman–Crippen LogP) is 5.24. The number of phenolic OH excluding ortho intramolecular Hbond substituents is 1. The van der Waals surface area contributed by atoms with E-state index in [9.17, 15) is 10.4 Å². The Morgan fingerprint density at radius 2 is 1.80 bits per heavy atom. The normalized spacial score (nSPS) is 15.0. The van der Waals surface area contributed by atoms with Crippen LogP contribution in [0.2, 0.25) is 10.0 Å². The van der Waals surface area contributed by atoms with Gasteiger partial charge >= 0.3 is 0 Å². The van der Waals surface area contributed by atoms with Gasteiger partial charge in [-0.3, -0.25) is 4.99 Å². The lowest BCUT2D eigenvalue weighted by Crippen LogP contribution is -1.99. The van der Waals surface area contributed by atoms with Gasteiger partial charge in [0.2, 0.25) is 5.70 Å². The molecule has 0 fully saturated rings. The van der Waals surface area contributed by atoms with E-state index in [0.29, 0.717) is 17.0 Å². The number of aromatic hydroxyl groups is 1. The van der Waals surface area contributed by atoms with E-state index in [1.807, 2.05) is 36.4 Å². The van der Waals surface area contributed by atoms with Crippen LogP contribution in [0.1, 0.15) is 11.1 Å². The van der Waals surface area contributed by atoms with Crippen molar-refractivity contribution in [2.75, 3.05) is 0 Å². The van der Waals surface area contributed by atoms with Gasteiger partial charge in [-0.15, -0.1) is 0 Å². The number of nitriles is 1. The van der Waals surface area contributed by atoms with E-state index in [0.717, 1.165) is 5.56 Å². The van der Waals surface area contributed by atoms with E-state index >= 15 is 0 Å². The Bertz CT molecular complexity index is 1020. The van der Waals surface area contributed by atoms with Gasteiger partial charge in [-0.2, -0.15) is 5.26 Å². The summed E-state index contributed by atoms with van der Waals surface area (Å²) in [5.41, 5.74) is 2.52. The molecular weight excluding hydrogens is 357 g/mol. The van der Waals surface area contributed by atoms with Crippen LogP contribution in [-0.4, -0.2) is 10.8 Å². The number of aliphatic imine (C=N–C) groups is 1. The molecule has 0 spiro atoms.